The average Bonchev–Trinajstić information content (AvgIpc) is 2.46. The van der Waals surface area contributed by atoms with E-state index in [-0.39, 0.29) is 0 Å². The van der Waals surface area contributed by atoms with Crippen LogP contribution in [0.4, 0.5) is 0 Å². The molecule has 0 saturated carbocycles. The molecule has 19 heavy (non-hydrogen) atoms. The molecule has 0 N–H and O–H groups in total. The van der Waals surface area contributed by atoms with Crippen molar-refractivity contribution in [2.75, 3.05) is 5.75 Å². The molecule has 0 amide bonds. The minimum absolute atomic E-state index is 1.26. The largest absolute Gasteiger partial charge is 0.126 e. The van der Waals surface area contributed by atoms with Crippen LogP contribution >= 0.6 is 11.8 Å². The Morgan fingerprint density at radius 2 is 1.32 bits per heavy atom. The highest BCUT2D eigenvalue weighted by molar-refractivity contribution is 7.99. The van der Waals surface area contributed by atoms with Crippen LogP contribution in [0.25, 0.3) is 0 Å². The molecule has 0 heterocycles. The van der Waals surface area contributed by atoms with Crippen LogP contribution < -0.4 is 0 Å². The van der Waals surface area contributed by atoms with Crippen molar-refractivity contribution in [3.8, 4) is 0 Å². The van der Waals surface area contributed by atoms with Crippen LogP contribution in [0.1, 0.15) is 71.1 Å². The van der Waals surface area contributed by atoms with Gasteiger partial charge in [0.05, 0.1) is 0 Å². The van der Waals surface area contributed by atoms with Gasteiger partial charge in [0.2, 0.25) is 0 Å². The Kier molecular flexibility index (Phi) is 11.0. The Hall–Kier alpha value is -0.430. The minimum Gasteiger partial charge on any atom is -0.126 e. The fraction of sp³-hybridized carbons (Fsp3) is 0.667. The Morgan fingerprint density at radius 1 is 0.789 bits per heavy atom. The van der Waals surface area contributed by atoms with Gasteiger partial charge < -0.3 is 0 Å². The Labute approximate surface area is 124 Å². The van der Waals surface area contributed by atoms with E-state index in [4.69, 9.17) is 0 Å². The molecule has 1 rings (SSSR count). The van der Waals surface area contributed by atoms with E-state index < -0.39 is 0 Å². The molecule has 0 aromatic heterocycles. The molecule has 0 saturated heterocycles. The molecular formula is C18H29S. The lowest BCUT2D eigenvalue weighted by Gasteiger charge is -2.03. The number of unbranched alkanes of at least 4 members (excludes halogenated alkanes) is 9. The summed E-state index contributed by atoms with van der Waals surface area (Å²) in [5.74, 6) is 1.26. The van der Waals surface area contributed by atoms with Crippen molar-refractivity contribution in [3.05, 3.63) is 30.3 Å². The van der Waals surface area contributed by atoms with Gasteiger partial charge in [-0.2, -0.15) is 0 Å². The number of hydrogen-bond acceptors (Lipinski definition) is 1. The van der Waals surface area contributed by atoms with Crippen LogP contribution in [0.2, 0.25) is 0 Å². The van der Waals surface area contributed by atoms with Crippen LogP contribution in [0, 0.1) is 6.07 Å². The summed E-state index contributed by atoms with van der Waals surface area (Å²) in [5, 5.41) is 0. The average molecular weight is 277 g/mol. The second-order valence-corrected chi connectivity index (χ2v) is 6.43. The maximum Gasteiger partial charge on any atom is 0.00723 e. The number of rotatable bonds is 12. The highest BCUT2D eigenvalue weighted by Crippen LogP contribution is 2.19. The van der Waals surface area contributed by atoms with Gasteiger partial charge in [-0.25, -0.2) is 0 Å². The summed E-state index contributed by atoms with van der Waals surface area (Å²) in [7, 11) is 0. The second-order valence-electron chi connectivity index (χ2n) is 5.27. The van der Waals surface area contributed by atoms with Crippen molar-refractivity contribution in [3.63, 3.8) is 0 Å². The van der Waals surface area contributed by atoms with Gasteiger partial charge in [0.15, 0.2) is 0 Å². The Bertz CT molecular complexity index is 281. The molecule has 1 radical (unpaired) electrons. The van der Waals surface area contributed by atoms with Gasteiger partial charge in [0, 0.05) is 4.90 Å². The van der Waals surface area contributed by atoms with E-state index in [1.54, 1.807) is 0 Å². The van der Waals surface area contributed by atoms with Gasteiger partial charge in [-0.15, -0.1) is 11.8 Å². The van der Waals surface area contributed by atoms with E-state index >= 15 is 0 Å². The fourth-order valence-corrected chi connectivity index (χ4v) is 3.16. The zero-order valence-corrected chi connectivity index (χ0v) is 13.3. The van der Waals surface area contributed by atoms with E-state index in [0.717, 1.165) is 0 Å². The quantitative estimate of drug-likeness (QED) is 0.310. The molecule has 1 aromatic carbocycles. The first-order valence-electron chi connectivity index (χ1n) is 8.02. The summed E-state index contributed by atoms with van der Waals surface area (Å²) < 4.78 is 0. The molecule has 0 aliphatic carbocycles. The van der Waals surface area contributed by atoms with E-state index in [1.807, 2.05) is 23.9 Å². The van der Waals surface area contributed by atoms with Crippen LogP contribution in [0.5, 0.6) is 0 Å². The topological polar surface area (TPSA) is 0 Å². The van der Waals surface area contributed by atoms with Crippen LogP contribution in [-0.2, 0) is 0 Å². The maximum atomic E-state index is 3.06. The number of thioether (sulfide) groups is 1. The minimum atomic E-state index is 1.26. The van der Waals surface area contributed by atoms with Gasteiger partial charge in [0.25, 0.3) is 0 Å². The number of benzene rings is 1. The summed E-state index contributed by atoms with van der Waals surface area (Å²) >= 11 is 1.98. The van der Waals surface area contributed by atoms with Gasteiger partial charge in [-0.3, -0.25) is 0 Å². The predicted octanol–water partition coefficient (Wildman–Crippen LogP) is 6.50. The zero-order chi connectivity index (χ0) is 13.6. The molecule has 0 aliphatic rings. The molecule has 0 atom stereocenters. The van der Waals surface area contributed by atoms with E-state index in [9.17, 15) is 0 Å². The summed E-state index contributed by atoms with van der Waals surface area (Å²) in [6, 6.07) is 11.4. The van der Waals surface area contributed by atoms with Crippen molar-refractivity contribution >= 4 is 11.8 Å². The first kappa shape index (κ1) is 16.6. The third-order valence-corrected chi connectivity index (χ3v) is 4.55. The van der Waals surface area contributed by atoms with Crippen molar-refractivity contribution in [1.82, 2.24) is 0 Å². The molecule has 0 spiro atoms. The second kappa shape index (κ2) is 12.6. The smallest absolute Gasteiger partial charge is 0.00723 e. The SMILES string of the molecule is CCCCCCCCCCCCSc1cc[c]cc1. The third-order valence-electron chi connectivity index (χ3n) is 3.45. The lowest BCUT2D eigenvalue weighted by atomic mass is 10.1. The van der Waals surface area contributed by atoms with E-state index in [2.05, 4.69) is 25.1 Å². The number of hydrogen-bond donors (Lipinski definition) is 0. The standard InChI is InChI=1S/C18H29S/c1-2-3-4-5-6-7-8-9-10-14-17-19-18-15-12-11-13-16-18/h12-13,15-16H,2-10,14,17H2,1H3. The third kappa shape index (κ3) is 10.1. The molecule has 0 unspecified atom stereocenters. The molecular weight excluding hydrogens is 248 g/mol. The maximum absolute atomic E-state index is 3.06. The summed E-state index contributed by atoms with van der Waals surface area (Å²) in [4.78, 5) is 1.38. The first-order valence-corrected chi connectivity index (χ1v) is 9.01. The molecule has 1 aromatic rings. The van der Waals surface area contributed by atoms with E-state index in [1.165, 1.54) is 74.9 Å². The lowest BCUT2D eigenvalue weighted by molar-refractivity contribution is 0.563. The monoisotopic (exact) mass is 277 g/mol. The molecule has 0 aliphatic heterocycles. The van der Waals surface area contributed by atoms with E-state index in [0.29, 0.717) is 0 Å². The van der Waals surface area contributed by atoms with Gasteiger partial charge >= 0.3 is 0 Å². The first-order chi connectivity index (χ1) is 9.43. The van der Waals surface area contributed by atoms with Crippen molar-refractivity contribution in [2.45, 2.75) is 76.0 Å². The van der Waals surface area contributed by atoms with Gasteiger partial charge in [-0.1, -0.05) is 76.8 Å². The highest BCUT2D eigenvalue weighted by Gasteiger charge is 1.94. The van der Waals surface area contributed by atoms with Crippen LogP contribution in [-0.4, -0.2) is 5.75 Å². The molecule has 0 fully saturated rings. The predicted molar refractivity (Wildman–Crippen MR) is 87.8 cm³/mol. The molecule has 107 valence electrons. The Balaban J connectivity index is 1.79. The molecule has 0 nitrogen and oxygen atoms in total. The highest BCUT2D eigenvalue weighted by atomic mass is 32.2. The van der Waals surface area contributed by atoms with Crippen molar-refractivity contribution in [1.29, 1.82) is 0 Å². The summed E-state index contributed by atoms with van der Waals surface area (Å²) in [6.45, 7) is 2.28. The summed E-state index contributed by atoms with van der Waals surface area (Å²) in [6.07, 6.45) is 14.2. The normalized spacial score (nSPS) is 10.8. The summed E-state index contributed by atoms with van der Waals surface area (Å²) in [5.41, 5.74) is 0. The van der Waals surface area contributed by atoms with Gasteiger partial charge in [0.1, 0.15) is 0 Å². The molecule has 0 bridgehead atoms. The van der Waals surface area contributed by atoms with Gasteiger partial charge in [-0.05, 0) is 30.4 Å². The van der Waals surface area contributed by atoms with Crippen LogP contribution in [0.3, 0.4) is 0 Å². The molecule has 1 heteroatoms. The lowest BCUT2D eigenvalue weighted by Crippen LogP contribution is -1.84. The fourth-order valence-electron chi connectivity index (χ4n) is 2.25. The van der Waals surface area contributed by atoms with Crippen LogP contribution in [0.15, 0.2) is 29.2 Å². The van der Waals surface area contributed by atoms with Crippen molar-refractivity contribution in [2.24, 2.45) is 0 Å². The zero-order valence-electron chi connectivity index (χ0n) is 12.5. The van der Waals surface area contributed by atoms with Crippen molar-refractivity contribution < 1.29 is 0 Å². The Morgan fingerprint density at radius 3 is 1.89 bits per heavy atom.